The van der Waals surface area contributed by atoms with Crippen molar-refractivity contribution in [2.75, 3.05) is 13.2 Å². The molecule has 0 fully saturated rings. The third kappa shape index (κ3) is 5.82. The molecule has 3 aromatic rings. The minimum Gasteiger partial charge on any atom is -0.467 e. The van der Waals surface area contributed by atoms with E-state index in [-0.39, 0.29) is 12.2 Å². The second-order valence-electron chi connectivity index (χ2n) is 6.70. The minimum absolute atomic E-state index is 0.0905. The molecule has 1 aromatic carbocycles. The highest BCUT2D eigenvalue weighted by molar-refractivity contribution is 5.92. The Labute approximate surface area is 175 Å². The van der Waals surface area contributed by atoms with E-state index in [2.05, 4.69) is 10.4 Å². The molecule has 1 amide bonds. The molecule has 0 saturated heterocycles. The molecule has 0 aliphatic heterocycles. The summed E-state index contributed by atoms with van der Waals surface area (Å²) in [6.07, 6.45) is -2.50. The number of amides is 1. The Hall–Kier alpha value is -3.40. The molecule has 31 heavy (non-hydrogen) atoms. The number of alkyl halides is 3. The number of nitrogens with zero attached hydrogens (tertiary/aromatic N) is 2. The second-order valence-corrected chi connectivity index (χ2v) is 6.70. The van der Waals surface area contributed by atoms with Gasteiger partial charge in [-0.2, -0.15) is 18.3 Å². The van der Waals surface area contributed by atoms with Crippen LogP contribution in [0.1, 0.15) is 33.9 Å². The fraction of sp³-hybridized carbons (Fsp3) is 0.286. The largest absolute Gasteiger partial charge is 0.467 e. The van der Waals surface area contributed by atoms with Crippen LogP contribution in [0.3, 0.4) is 0 Å². The molecule has 3 rings (SSSR count). The van der Waals surface area contributed by atoms with Gasteiger partial charge in [0.05, 0.1) is 17.5 Å². The first kappa shape index (κ1) is 22.3. The lowest BCUT2D eigenvalue weighted by Crippen LogP contribution is -2.32. The molecular weight excluding hydrogens is 415 g/mol. The predicted octanol–water partition coefficient (Wildman–Crippen LogP) is 3.49. The number of carbonyl (C=O) groups is 1. The molecule has 0 aliphatic rings. The number of halogens is 3. The molecule has 7 nitrogen and oxygen atoms in total. The first-order valence-electron chi connectivity index (χ1n) is 9.42. The first-order chi connectivity index (χ1) is 14.8. The number of hydrogen-bond acceptors (Lipinski definition) is 5. The molecule has 0 saturated carbocycles. The molecule has 0 radical (unpaired) electrons. The summed E-state index contributed by atoms with van der Waals surface area (Å²) in [5, 5.41) is 6.56. The van der Waals surface area contributed by atoms with Gasteiger partial charge in [-0.05, 0) is 43.7 Å². The molecule has 0 unspecified atom stereocenters. The standard InChI is InChI=1S/C21H20F3N3O4/c1-14-11-18(28)19(20(29)25-8-4-9-30-13-17-7-3-10-31-17)26-27(14)16-6-2-5-15(12-16)21(22,23)24/h2-3,5-7,10-12H,4,8-9,13H2,1H3,(H,25,29). The van der Waals surface area contributed by atoms with Gasteiger partial charge < -0.3 is 14.5 Å². The number of benzene rings is 1. The van der Waals surface area contributed by atoms with Gasteiger partial charge in [0.25, 0.3) is 5.91 Å². The van der Waals surface area contributed by atoms with Gasteiger partial charge in [0.1, 0.15) is 12.4 Å². The summed E-state index contributed by atoms with van der Waals surface area (Å²) in [6, 6.07) is 9.18. The van der Waals surface area contributed by atoms with Gasteiger partial charge in [0, 0.05) is 24.9 Å². The van der Waals surface area contributed by atoms with Crippen molar-refractivity contribution in [3.8, 4) is 5.69 Å². The second kappa shape index (κ2) is 9.61. The van der Waals surface area contributed by atoms with Gasteiger partial charge in [-0.1, -0.05) is 6.07 Å². The highest BCUT2D eigenvalue weighted by atomic mass is 19.4. The van der Waals surface area contributed by atoms with Crippen molar-refractivity contribution >= 4 is 5.91 Å². The minimum atomic E-state index is -4.53. The van der Waals surface area contributed by atoms with Crippen LogP contribution in [0, 0.1) is 6.92 Å². The van der Waals surface area contributed by atoms with E-state index in [0.717, 1.165) is 22.9 Å². The lowest BCUT2D eigenvalue weighted by Gasteiger charge is -2.13. The molecule has 0 aliphatic carbocycles. The predicted molar refractivity (Wildman–Crippen MR) is 105 cm³/mol. The number of aromatic nitrogens is 2. The summed E-state index contributed by atoms with van der Waals surface area (Å²) in [5.74, 6) is -0.0280. The molecule has 0 atom stereocenters. The summed E-state index contributed by atoms with van der Waals surface area (Å²) in [6.45, 7) is 2.42. The quantitative estimate of drug-likeness (QED) is 0.548. The van der Waals surface area contributed by atoms with Gasteiger partial charge >= 0.3 is 6.18 Å². The average molecular weight is 435 g/mol. The van der Waals surface area contributed by atoms with Crippen LogP contribution in [0.2, 0.25) is 0 Å². The zero-order chi connectivity index (χ0) is 22.4. The normalized spacial score (nSPS) is 11.5. The summed E-state index contributed by atoms with van der Waals surface area (Å²) in [7, 11) is 0. The monoisotopic (exact) mass is 435 g/mol. The highest BCUT2D eigenvalue weighted by Crippen LogP contribution is 2.30. The van der Waals surface area contributed by atoms with Gasteiger partial charge in [-0.3, -0.25) is 9.59 Å². The van der Waals surface area contributed by atoms with Crippen molar-refractivity contribution in [3.05, 3.63) is 81.7 Å². The molecule has 164 valence electrons. The van der Waals surface area contributed by atoms with E-state index in [9.17, 15) is 22.8 Å². The summed E-state index contributed by atoms with van der Waals surface area (Å²) < 4.78 is 50.7. The van der Waals surface area contributed by atoms with Crippen LogP contribution in [0.4, 0.5) is 13.2 Å². The number of rotatable bonds is 8. The Morgan fingerprint density at radius 3 is 2.74 bits per heavy atom. The molecule has 2 heterocycles. The van der Waals surface area contributed by atoms with E-state index in [1.54, 1.807) is 18.4 Å². The van der Waals surface area contributed by atoms with E-state index >= 15 is 0 Å². The maximum atomic E-state index is 13.0. The summed E-state index contributed by atoms with van der Waals surface area (Å²) in [4.78, 5) is 24.6. The van der Waals surface area contributed by atoms with Crippen LogP contribution < -0.4 is 10.7 Å². The van der Waals surface area contributed by atoms with Crippen molar-refractivity contribution in [2.45, 2.75) is 26.1 Å². The Bertz CT molecular complexity index is 1090. The maximum absolute atomic E-state index is 13.0. The molecule has 10 heteroatoms. The molecule has 2 aromatic heterocycles. The van der Waals surface area contributed by atoms with E-state index in [4.69, 9.17) is 9.15 Å². The zero-order valence-corrected chi connectivity index (χ0v) is 16.6. The molecular formula is C21H20F3N3O4. The molecule has 0 spiro atoms. The summed E-state index contributed by atoms with van der Waals surface area (Å²) >= 11 is 0. The van der Waals surface area contributed by atoms with Gasteiger partial charge in [0.2, 0.25) is 5.43 Å². The first-order valence-corrected chi connectivity index (χ1v) is 9.42. The van der Waals surface area contributed by atoms with E-state index in [1.807, 2.05) is 0 Å². The molecule has 1 N–H and O–H groups in total. The zero-order valence-electron chi connectivity index (χ0n) is 16.6. The van der Waals surface area contributed by atoms with Crippen molar-refractivity contribution < 1.29 is 27.1 Å². The van der Waals surface area contributed by atoms with Crippen LogP contribution in [0.15, 0.2) is 57.9 Å². The van der Waals surface area contributed by atoms with Crippen LogP contribution in [-0.2, 0) is 17.5 Å². The number of hydrogen-bond donors (Lipinski definition) is 1. The smallest absolute Gasteiger partial charge is 0.416 e. The Morgan fingerprint density at radius 2 is 2.03 bits per heavy atom. The van der Waals surface area contributed by atoms with Crippen molar-refractivity contribution in [1.29, 1.82) is 0 Å². The number of nitrogens with one attached hydrogen (secondary N) is 1. The van der Waals surface area contributed by atoms with Crippen molar-refractivity contribution in [3.63, 3.8) is 0 Å². The lowest BCUT2D eigenvalue weighted by molar-refractivity contribution is -0.137. The highest BCUT2D eigenvalue weighted by Gasteiger charge is 2.30. The number of furan rings is 1. The Balaban J connectivity index is 1.65. The third-order valence-electron chi connectivity index (χ3n) is 4.32. The maximum Gasteiger partial charge on any atom is 0.416 e. The average Bonchev–Trinajstić information content (AvgIpc) is 3.23. The van der Waals surface area contributed by atoms with E-state index in [1.165, 1.54) is 19.1 Å². The Morgan fingerprint density at radius 1 is 1.23 bits per heavy atom. The number of aryl methyl sites for hydroxylation is 1. The van der Waals surface area contributed by atoms with Crippen molar-refractivity contribution in [2.24, 2.45) is 0 Å². The topological polar surface area (TPSA) is 86.4 Å². The van der Waals surface area contributed by atoms with Crippen LogP contribution in [0.5, 0.6) is 0 Å². The van der Waals surface area contributed by atoms with E-state index in [0.29, 0.717) is 31.1 Å². The third-order valence-corrected chi connectivity index (χ3v) is 4.32. The van der Waals surface area contributed by atoms with Gasteiger partial charge in [0.15, 0.2) is 5.69 Å². The SMILES string of the molecule is Cc1cc(=O)c(C(=O)NCCCOCc2ccco2)nn1-c1cccc(C(F)(F)F)c1. The van der Waals surface area contributed by atoms with Gasteiger partial charge in [-0.25, -0.2) is 4.68 Å². The van der Waals surface area contributed by atoms with Crippen LogP contribution >= 0.6 is 0 Å². The Kier molecular flexibility index (Phi) is 6.91. The summed E-state index contributed by atoms with van der Waals surface area (Å²) in [5.41, 5.74) is -1.49. The van der Waals surface area contributed by atoms with Crippen molar-refractivity contribution in [1.82, 2.24) is 15.1 Å². The van der Waals surface area contributed by atoms with E-state index < -0.39 is 28.8 Å². The molecule has 0 bridgehead atoms. The van der Waals surface area contributed by atoms with Crippen LogP contribution in [-0.4, -0.2) is 28.8 Å². The fourth-order valence-electron chi connectivity index (χ4n) is 2.81. The fourth-order valence-corrected chi connectivity index (χ4v) is 2.81. The van der Waals surface area contributed by atoms with Gasteiger partial charge in [-0.15, -0.1) is 0 Å². The number of carbonyl (C=O) groups excluding carboxylic acids is 1. The lowest BCUT2D eigenvalue weighted by atomic mass is 10.2. The number of ether oxygens (including phenoxy) is 1. The van der Waals surface area contributed by atoms with Crippen LogP contribution in [0.25, 0.3) is 5.69 Å².